The van der Waals surface area contributed by atoms with E-state index in [1.807, 2.05) is 18.2 Å². The van der Waals surface area contributed by atoms with E-state index >= 15 is 0 Å². The number of nitriles is 1. The number of aliphatic hydroxyl groups excluding tert-OH is 1. The molecule has 1 unspecified atom stereocenters. The molecule has 0 aromatic heterocycles. The second-order valence-corrected chi connectivity index (χ2v) is 5.33. The minimum absolute atomic E-state index is 0.372. The van der Waals surface area contributed by atoms with Crippen molar-refractivity contribution in [1.82, 2.24) is 0 Å². The van der Waals surface area contributed by atoms with Crippen LogP contribution in [-0.4, -0.2) is 18.8 Å². The molecule has 0 saturated carbocycles. The molecule has 21 heavy (non-hydrogen) atoms. The van der Waals surface area contributed by atoms with Gasteiger partial charge in [-0.25, -0.2) is 0 Å². The number of ether oxygens (including phenoxy) is 1. The summed E-state index contributed by atoms with van der Waals surface area (Å²) in [5, 5.41) is 22.0. The monoisotopic (exact) mass is 346 g/mol. The third kappa shape index (κ3) is 3.97. The first-order valence-corrected chi connectivity index (χ1v) is 7.19. The Morgan fingerprint density at radius 3 is 2.62 bits per heavy atom. The summed E-state index contributed by atoms with van der Waals surface area (Å²) in [7, 11) is 1.61. The number of hydrogen-bond donors (Lipinski definition) is 2. The van der Waals surface area contributed by atoms with Gasteiger partial charge < -0.3 is 15.2 Å². The van der Waals surface area contributed by atoms with Crippen LogP contribution in [0.2, 0.25) is 0 Å². The van der Waals surface area contributed by atoms with Crippen molar-refractivity contribution in [2.75, 3.05) is 19.0 Å². The highest BCUT2D eigenvalue weighted by Crippen LogP contribution is 2.28. The lowest BCUT2D eigenvalue weighted by Crippen LogP contribution is -2.12. The summed E-state index contributed by atoms with van der Waals surface area (Å²) < 4.78 is 6.10. The van der Waals surface area contributed by atoms with Crippen LogP contribution in [0.1, 0.15) is 17.2 Å². The summed E-state index contributed by atoms with van der Waals surface area (Å²) in [4.78, 5) is 0. The molecule has 5 heteroatoms. The molecule has 0 heterocycles. The van der Waals surface area contributed by atoms with E-state index in [1.54, 1.807) is 31.4 Å². The van der Waals surface area contributed by atoms with Crippen LogP contribution in [0, 0.1) is 11.3 Å². The zero-order valence-corrected chi connectivity index (χ0v) is 13.1. The molecule has 0 radical (unpaired) electrons. The Balaban J connectivity index is 2.00. The van der Waals surface area contributed by atoms with E-state index in [4.69, 9.17) is 10.00 Å². The molecule has 2 N–H and O–H groups in total. The van der Waals surface area contributed by atoms with Gasteiger partial charge in [-0.2, -0.15) is 5.26 Å². The normalized spacial score (nSPS) is 11.5. The maximum absolute atomic E-state index is 10.1. The fourth-order valence-corrected chi connectivity index (χ4v) is 2.29. The molecule has 2 aromatic rings. The van der Waals surface area contributed by atoms with Crippen molar-refractivity contribution >= 4 is 21.6 Å². The van der Waals surface area contributed by atoms with Crippen molar-refractivity contribution in [2.45, 2.75) is 6.10 Å². The van der Waals surface area contributed by atoms with Crippen molar-refractivity contribution in [2.24, 2.45) is 0 Å². The molecule has 1 atom stereocenters. The highest BCUT2D eigenvalue weighted by Gasteiger charge is 2.08. The number of anilines is 1. The second-order valence-electron chi connectivity index (χ2n) is 4.48. The van der Waals surface area contributed by atoms with Gasteiger partial charge in [0.1, 0.15) is 5.75 Å². The zero-order valence-electron chi connectivity index (χ0n) is 11.5. The second kappa shape index (κ2) is 7.11. The van der Waals surface area contributed by atoms with E-state index in [0.717, 1.165) is 21.5 Å². The van der Waals surface area contributed by atoms with Gasteiger partial charge in [0.25, 0.3) is 0 Å². The van der Waals surface area contributed by atoms with Gasteiger partial charge >= 0.3 is 0 Å². The van der Waals surface area contributed by atoms with Gasteiger partial charge in [-0.1, -0.05) is 12.1 Å². The summed E-state index contributed by atoms with van der Waals surface area (Å²) in [6.45, 7) is 0.372. The van der Waals surface area contributed by atoms with E-state index in [2.05, 4.69) is 27.3 Å². The summed E-state index contributed by atoms with van der Waals surface area (Å²) in [6, 6.07) is 14.6. The van der Waals surface area contributed by atoms with Crippen molar-refractivity contribution in [3.8, 4) is 11.8 Å². The third-order valence-corrected chi connectivity index (χ3v) is 3.73. The summed E-state index contributed by atoms with van der Waals surface area (Å²) in [5.74, 6) is 0.730. The Labute approximate surface area is 132 Å². The minimum atomic E-state index is -0.646. The number of nitrogens with one attached hydrogen (secondary N) is 1. The first kappa shape index (κ1) is 15.4. The molecule has 0 aliphatic carbocycles. The molecule has 0 aliphatic heterocycles. The Morgan fingerprint density at radius 1 is 1.29 bits per heavy atom. The minimum Gasteiger partial charge on any atom is -0.495 e. The van der Waals surface area contributed by atoms with Gasteiger partial charge in [-0.3, -0.25) is 0 Å². The summed E-state index contributed by atoms with van der Waals surface area (Å²) in [6.07, 6.45) is -0.646. The number of methoxy groups -OCH3 is 1. The molecular weight excluding hydrogens is 332 g/mol. The van der Waals surface area contributed by atoms with Crippen LogP contribution >= 0.6 is 15.9 Å². The van der Waals surface area contributed by atoms with E-state index < -0.39 is 6.10 Å². The van der Waals surface area contributed by atoms with Gasteiger partial charge in [0.05, 0.1) is 29.3 Å². The lowest BCUT2D eigenvalue weighted by atomic mass is 10.1. The third-order valence-electron chi connectivity index (χ3n) is 3.08. The fourth-order valence-electron chi connectivity index (χ4n) is 1.88. The Hall–Kier alpha value is -2.03. The van der Waals surface area contributed by atoms with Crippen LogP contribution in [0.5, 0.6) is 5.75 Å². The number of hydrogen-bond acceptors (Lipinski definition) is 4. The van der Waals surface area contributed by atoms with Gasteiger partial charge in [-0.05, 0) is 45.8 Å². The highest BCUT2D eigenvalue weighted by molar-refractivity contribution is 9.10. The highest BCUT2D eigenvalue weighted by atomic mass is 79.9. The van der Waals surface area contributed by atoms with Crippen molar-refractivity contribution in [3.63, 3.8) is 0 Å². The maximum atomic E-state index is 10.1. The number of rotatable bonds is 5. The average Bonchev–Trinajstić information content (AvgIpc) is 2.53. The maximum Gasteiger partial charge on any atom is 0.135 e. The predicted molar refractivity (Wildman–Crippen MR) is 85.3 cm³/mol. The Kier molecular flexibility index (Phi) is 5.20. The molecule has 0 saturated heterocycles. The van der Waals surface area contributed by atoms with Crippen LogP contribution in [0.3, 0.4) is 0 Å². The molecule has 0 amide bonds. The van der Waals surface area contributed by atoms with Crippen LogP contribution in [0.25, 0.3) is 0 Å². The SMILES string of the molecule is COc1cc(NCC(O)c2ccc(C#N)cc2)ccc1Br. The van der Waals surface area contributed by atoms with E-state index in [-0.39, 0.29) is 0 Å². The van der Waals surface area contributed by atoms with Gasteiger partial charge in [0.15, 0.2) is 0 Å². The van der Waals surface area contributed by atoms with Crippen molar-refractivity contribution in [1.29, 1.82) is 5.26 Å². The quantitative estimate of drug-likeness (QED) is 0.869. The molecule has 4 nitrogen and oxygen atoms in total. The molecule has 0 spiro atoms. The molecule has 2 rings (SSSR count). The molecule has 0 fully saturated rings. The number of nitrogens with zero attached hydrogens (tertiary/aromatic N) is 1. The largest absolute Gasteiger partial charge is 0.495 e. The lowest BCUT2D eigenvalue weighted by molar-refractivity contribution is 0.191. The van der Waals surface area contributed by atoms with Crippen LogP contribution in [0.4, 0.5) is 5.69 Å². The van der Waals surface area contributed by atoms with Crippen molar-refractivity contribution in [3.05, 3.63) is 58.1 Å². The van der Waals surface area contributed by atoms with Crippen LogP contribution in [-0.2, 0) is 0 Å². The van der Waals surface area contributed by atoms with Gasteiger partial charge in [0.2, 0.25) is 0 Å². The number of benzene rings is 2. The number of aliphatic hydroxyl groups is 1. The van der Waals surface area contributed by atoms with E-state index in [9.17, 15) is 5.11 Å². The summed E-state index contributed by atoms with van der Waals surface area (Å²) in [5.41, 5.74) is 2.21. The average molecular weight is 347 g/mol. The molecular formula is C16H15BrN2O2. The molecule has 108 valence electrons. The molecule has 0 aliphatic rings. The van der Waals surface area contributed by atoms with E-state index in [0.29, 0.717) is 12.1 Å². The van der Waals surface area contributed by atoms with Crippen LogP contribution in [0.15, 0.2) is 46.9 Å². The predicted octanol–water partition coefficient (Wildman–Crippen LogP) is 3.47. The van der Waals surface area contributed by atoms with Gasteiger partial charge in [0, 0.05) is 18.3 Å². The van der Waals surface area contributed by atoms with Gasteiger partial charge in [-0.15, -0.1) is 0 Å². The zero-order chi connectivity index (χ0) is 15.2. The Morgan fingerprint density at radius 2 is 2.00 bits per heavy atom. The topological polar surface area (TPSA) is 65.3 Å². The van der Waals surface area contributed by atoms with Crippen LogP contribution < -0.4 is 10.1 Å². The fraction of sp³-hybridized carbons (Fsp3) is 0.188. The molecule has 0 bridgehead atoms. The first-order valence-electron chi connectivity index (χ1n) is 6.39. The molecule has 2 aromatic carbocycles. The smallest absolute Gasteiger partial charge is 0.135 e. The standard InChI is InChI=1S/C16H15BrN2O2/c1-21-16-8-13(6-7-14(16)17)19-10-15(20)12-4-2-11(9-18)3-5-12/h2-8,15,19-20H,10H2,1H3. The number of halogens is 1. The lowest BCUT2D eigenvalue weighted by Gasteiger charge is -2.14. The Bertz CT molecular complexity index is 650. The first-order chi connectivity index (χ1) is 10.1. The summed E-state index contributed by atoms with van der Waals surface area (Å²) >= 11 is 3.39. The van der Waals surface area contributed by atoms with E-state index in [1.165, 1.54) is 0 Å². The van der Waals surface area contributed by atoms with Crippen molar-refractivity contribution < 1.29 is 9.84 Å².